The van der Waals surface area contributed by atoms with Crippen molar-refractivity contribution in [2.45, 2.75) is 232 Å². The molecule has 6 heteroatoms. The van der Waals surface area contributed by atoms with E-state index in [-0.39, 0.29) is 31.1 Å². The second-order valence-corrected chi connectivity index (χ2v) is 16.0. The van der Waals surface area contributed by atoms with E-state index >= 15 is 0 Å². The van der Waals surface area contributed by atoms with E-state index in [4.69, 9.17) is 14.2 Å². The number of hydrogen-bond donors (Lipinski definition) is 0. The normalized spacial score (nSPS) is 12.7. The molecule has 1 atom stereocenters. The topological polar surface area (TPSA) is 78.9 Å². The molecule has 0 heterocycles. The molecule has 0 N–H and O–H groups in total. The molecular formula is C53H90O6. The second-order valence-electron chi connectivity index (χ2n) is 16.0. The van der Waals surface area contributed by atoms with Crippen LogP contribution in [0.3, 0.4) is 0 Å². The van der Waals surface area contributed by atoms with Gasteiger partial charge in [-0.15, -0.1) is 0 Å². The summed E-state index contributed by atoms with van der Waals surface area (Å²) in [6, 6.07) is 0. The van der Waals surface area contributed by atoms with Crippen LogP contribution in [0.15, 0.2) is 72.9 Å². The molecule has 0 bridgehead atoms. The van der Waals surface area contributed by atoms with Crippen LogP contribution >= 0.6 is 0 Å². The summed E-state index contributed by atoms with van der Waals surface area (Å²) < 4.78 is 16.7. The largest absolute Gasteiger partial charge is 0.462 e. The average molecular weight is 823 g/mol. The Morgan fingerprint density at radius 1 is 0.356 bits per heavy atom. The fourth-order valence-corrected chi connectivity index (χ4v) is 6.51. The van der Waals surface area contributed by atoms with Crippen molar-refractivity contribution in [3.63, 3.8) is 0 Å². The zero-order chi connectivity index (χ0) is 43.0. The minimum atomic E-state index is -0.781. The minimum Gasteiger partial charge on any atom is -0.462 e. The van der Waals surface area contributed by atoms with Gasteiger partial charge >= 0.3 is 17.9 Å². The third-order valence-electron chi connectivity index (χ3n) is 10.2. The van der Waals surface area contributed by atoms with Crippen molar-refractivity contribution in [3.8, 4) is 0 Å². The number of unbranched alkanes of at least 4 members (excludes halogenated alkanes) is 20. The van der Waals surface area contributed by atoms with Crippen LogP contribution in [0.25, 0.3) is 0 Å². The summed E-state index contributed by atoms with van der Waals surface area (Å²) in [5.74, 6) is -0.918. The van der Waals surface area contributed by atoms with Gasteiger partial charge in [-0.3, -0.25) is 14.4 Å². The van der Waals surface area contributed by atoms with Crippen LogP contribution in [0, 0.1) is 0 Å². The Bertz CT molecular complexity index is 1130. The fraction of sp³-hybridized carbons (Fsp3) is 0.717. The van der Waals surface area contributed by atoms with E-state index in [1.165, 1.54) is 70.6 Å². The van der Waals surface area contributed by atoms with Crippen LogP contribution in [0.4, 0.5) is 0 Å². The lowest BCUT2D eigenvalue weighted by Gasteiger charge is -2.18. The van der Waals surface area contributed by atoms with Crippen LogP contribution in [0.1, 0.15) is 226 Å². The molecule has 0 rings (SSSR count). The Hall–Kier alpha value is -3.15. The van der Waals surface area contributed by atoms with Crippen molar-refractivity contribution in [3.05, 3.63) is 72.9 Å². The van der Waals surface area contributed by atoms with Crippen LogP contribution in [-0.4, -0.2) is 37.2 Å². The molecule has 0 fully saturated rings. The molecule has 1 unspecified atom stereocenters. The molecule has 0 aromatic heterocycles. The molecule has 59 heavy (non-hydrogen) atoms. The molecule has 338 valence electrons. The van der Waals surface area contributed by atoms with Crippen molar-refractivity contribution in [2.24, 2.45) is 0 Å². The van der Waals surface area contributed by atoms with Crippen LogP contribution in [0.2, 0.25) is 0 Å². The van der Waals surface area contributed by atoms with E-state index in [1.807, 2.05) is 0 Å². The van der Waals surface area contributed by atoms with Gasteiger partial charge in [-0.1, -0.05) is 196 Å². The first-order valence-electron chi connectivity index (χ1n) is 24.4. The number of carbonyl (C=O) groups excluding carboxylic acids is 3. The van der Waals surface area contributed by atoms with Crippen LogP contribution in [0.5, 0.6) is 0 Å². The third kappa shape index (κ3) is 45.8. The van der Waals surface area contributed by atoms with Gasteiger partial charge in [0.05, 0.1) is 0 Å². The summed E-state index contributed by atoms with van der Waals surface area (Å²) in [7, 11) is 0. The zero-order valence-electron chi connectivity index (χ0n) is 38.5. The number of rotatable bonds is 43. The molecule has 0 aromatic carbocycles. The predicted octanol–water partition coefficient (Wildman–Crippen LogP) is 15.9. The number of esters is 3. The van der Waals surface area contributed by atoms with Crippen molar-refractivity contribution in [2.75, 3.05) is 13.2 Å². The second kappa shape index (κ2) is 47.5. The van der Waals surface area contributed by atoms with E-state index in [2.05, 4.69) is 93.7 Å². The minimum absolute atomic E-state index is 0.0841. The molecule has 0 aliphatic carbocycles. The van der Waals surface area contributed by atoms with Gasteiger partial charge in [0.1, 0.15) is 13.2 Å². The first-order valence-corrected chi connectivity index (χ1v) is 24.4. The van der Waals surface area contributed by atoms with Gasteiger partial charge in [0, 0.05) is 19.3 Å². The van der Waals surface area contributed by atoms with Crippen molar-refractivity contribution < 1.29 is 28.6 Å². The Balaban J connectivity index is 4.24. The SMILES string of the molecule is CC/C=C\C/C=C\C/C=C\C/C=C\CCCCCCCCCCC(=O)OCC(COC(=O)CCCCCCCC)OC(=O)CCCCCCC/C=C\C/C=C\CCCC. The Morgan fingerprint density at radius 3 is 1.08 bits per heavy atom. The third-order valence-corrected chi connectivity index (χ3v) is 10.2. The summed E-state index contributed by atoms with van der Waals surface area (Å²) in [5, 5.41) is 0. The van der Waals surface area contributed by atoms with E-state index in [9.17, 15) is 14.4 Å². The van der Waals surface area contributed by atoms with Crippen LogP contribution < -0.4 is 0 Å². The highest BCUT2D eigenvalue weighted by Crippen LogP contribution is 2.14. The molecule has 0 saturated heterocycles. The molecule has 0 spiro atoms. The summed E-state index contributed by atoms with van der Waals surface area (Å²) in [6.07, 6.45) is 59.0. The van der Waals surface area contributed by atoms with Gasteiger partial charge in [0.2, 0.25) is 0 Å². The van der Waals surface area contributed by atoms with E-state index in [0.29, 0.717) is 19.3 Å². The van der Waals surface area contributed by atoms with E-state index in [0.717, 1.165) is 116 Å². The van der Waals surface area contributed by atoms with Gasteiger partial charge in [-0.2, -0.15) is 0 Å². The van der Waals surface area contributed by atoms with Gasteiger partial charge < -0.3 is 14.2 Å². The smallest absolute Gasteiger partial charge is 0.306 e. The van der Waals surface area contributed by atoms with Crippen molar-refractivity contribution in [1.82, 2.24) is 0 Å². The molecular weight excluding hydrogens is 733 g/mol. The molecule has 0 aromatic rings. The molecule has 0 aliphatic rings. The standard InChI is InChI=1S/C53H90O6/c1-4-7-10-13-16-18-20-22-24-25-26-27-28-29-30-32-33-35-37-40-43-46-52(55)58-49-50(48-57-51(54)45-42-39-15-12-9-6-3)59-53(56)47-44-41-38-36-34-31-23-21-19-17-14-11-8-5-2/h7,10,14,16-18,21-24,26-27,50H,4-6,8-9,11-13,15,19-20,25,28-49H2,1-3H3/b10-7-,17-14-,18-16-,23-21-,24-22-,27-26-. The lowest BCUT2D eigenvalue weighted by molar-refractivity contribution is -0.167. The van der Waals surface area contributed by atoms with Crippen molar-refractivity contribution >= 4 is 17.9 Å². The van der Waals surface area contributed by atoms with Gasteiger partial charge in [0.15, 0.2) is 6.10 Å². The lowest BCUT2D eigenvalue weighted by atomic mass is 10.1. The maximum absolute atomic E-state index is 12.7. The average Bonchev–Trinajstić information content (AvgIpc) is 3.23. The fourth-order valence-electron chi connectivity index (χ4n) is 6.51. The summed E-state index contributed by atoms with van der Waals surface area (Å²) in [6.45, 7) is 6.40. The molecule has 0 amide bonds. The van der Waals surface area contributed by atoms with E-state index in [1.54, 1.807) is 0 Å². The Morgan fingerprint density at radius 2 is 0.678 bits per heavy atom. The summed E-state index contributed by atoms with van der Waals surface area (Å²) in [5.41, 5.74) is 0. The van der Waals surface area contributed by atoms with Gasteiger partial charge in [-0.05, 0) is 83.5 Å². The predicted molar refractivity (Wildman–Crippen MR) is 251 cm³/mol. The Labute approximate surface area is 363 Å². The molecule has 6 nitrogen and oxygen atoms in total. The highest BCUT2D eigenvalue weighted by atomic mass is 16.6. The quantitative estimate of drug-likeness (QED) is 0.0264. The van der Waals surface area contributed by atoms with Gasteiger partial charge in [-0.25, -0.2) is 0 Å². The number of hydrogen-bond acceptors (Lipinski definition) is 6. The molecule has 0 radical (unpaired) electrons. The maximum atomic E-state index is 12.7. The Kier molecular flexibility index (Phi) is 45.0. The lowest BCUT2D eigenvalue weighted by Crippen LogP contribution is -2.30. The first kappa shape index (κ1) is 55.9. The number of allylic oxidation sites excluding steroid dienone is 12. The first-order chi connectivity index (χ1) is 29.0. The molecule has 0 aliphatic heterocycles. The molecule has 0 saturated carbocycles. The van der Waals surface area contributed by atoms with Gasteiger partial charge in [0.25, 0.3) is 0 Å². The van der Waals surface area contributed by atoms with Crippen LogP contribution in [-0.2, 0) is 28.6 Å². The summed E-state index contributed by atoms with van der Waals surface area (Å²) in [4.78, 5) is 37.7. The number of carbonyl (C=O) groups is 3. The maximum Gasteiger partial charge on any atom is 0.306 e. The van der Waals surface area contributed by atoms with E-state index < -0.39 is 6.10 Å². The number of ether oxygens (including phenoxy) is 3. The highest BCUT2D eigenvalue weighted by Gasteiger charge is 2.19. The highest BCUT2D eigenvalue weighted by molar-refractivity contribution is 5.71. The van der Waals surface area contributed by atoms with Crippen molar-refractivity contribution in [1.29, 1.82) is 0 Å². The summed E-state index contributed by atoms with van der Waals surface area (Å²) >= 11 is 0. The zero-order valence-corrected chi connectivity index (χ0v) is 38.5. The monoisotopic (exact) mass is 823 g/mol.